The molecule has 0 fully saturated rings. The van der Waals surface area contributed by atoms with Crippen molar-refractivity contribution in [2.45, 2.75) is 32.7 Å². The van der Waals surface area contributed by atoms with Gasteiger partial charge in [0.05, 0.1) is 4.92 Å². The normalized spacial score (nSPS) is 11.1. The second kappa shape index (κ2) is 6.70. The second-order valence-electron chi connectivity index (χ2n) is 6.59. The Labute approximate surface area is 140 Å². The van der Waals surface area contributed by atoms with E-state index in [4.69, 9.17) is 0 Å². The van der Waals surface area contributed by atoms with Crippen LogP contribution in [-0.4, -0.2) is 15.9 Å². The smallest absolute Gasteiger partial charge is 0.269 e. The molecular weight excluding hydrogens is 308 g/mol. The lowest BCUT2D eigenvalue weighted by atomic mass is 9.83. The average molecular weight is 328 g/mol. The molecule has 2 N–H and O–H groups in total. The van der Waals surface area contributed by atoms with Crippen LogP contribution >= 0.6 is 0 Å². The van der Waals surface area contributed by atoms with Crippen LogP contribution in [-0.2, 0) is 12.0 Å². The number of benzene rings is 2. The monoisotopic (exact) mass is 328 g/mol. The number of amides is 1. The maximum Gasteiger partial charge on any atom is 0.269 e. The maximum absolute atomic E-state index is 12.5. The predicted octanol–water partition coefficient (Wildman–Crippen LogP) is 3.53. The highest BCUT2D eigenvalue weighted by Crippen LogP contribution is 2.29. The number of rotatable bonds is 4. The summed E-state index contributed by atoms with van der Waals surface area (Å²) < 4.78 is 0. The minimum atomic E-state index is -0.464. The van der Waals surface area contributed by atoms with Gasteiger partial charge < -0.3 is 10.4 Å². The summed E-state index contributed by atoms with van der Waals surface area (Å²) in [5.74, 6) is -0.134. The van der Waals surface area contributed by atoms with Crippen molar-refractivity contribution in [2.24, 2.45) is 0 Å². The van der Waals surface area contributed by atoms with Crippen LogP contribution in [0.1, 0.15) is 42.3 Å². The Balaban J connectivity index is 2.14. The number of carbonyl (C=O) groups is 1. The zero-order chi connectivity index (χ0) is 17.9. The van der Waals surface area contributed by atoms with Gasteiger partial charge in [0.25, 0.3) is 11.6 Å². The third kappa shape index (κ3) is 4.10. The molecule has 6 nitrogen and oxygen atoms in total. The van der Waals surface area contributed by atoms with E-state index in [0.717, 1.165) is 11.1 Å². The highest BCUT2D eigenvalue weighted by Gasteiger charge is 2.22. The van der Waals surface area contributed by atoms with Crippen molar-refractivity contribution in [3.63, 3.8) is 0 Å². The molecule has 0 aromatic heterocycles. The molecular formula is C18H20N2O4. The number of nitrogens with zero attached hydrogens (tertiary/aromatic N) is 1. The molecule has 0 radical (unpaired) electrons. The van der Waals surface area contributed by atoms with Gasteiger partial charge in [-0.05, 0) is 34.7 Å². The lowest BCUT2D eigenvalue weighted by molar-refractivity contribution is -0.384. The van der Waals surface area contributed by atoms with Gasteiger partial charge in [-0.1, -0.05) is 32.9 Å². The van der Waals surface area contributed by atoms with E-state index in [1.807, 2.05) is 20.8 Å². The largest absolute Gasteiger partial charge is 0.508 e. The molecule has 126 valence electrons. The first kappa shape index (κ1) is 17.5. The summed E-state index contributed by atoms with van der Waals surface area (Å²) in [5.41, 5.74) is 1.74. The van der Waals surface area contributed by atoms with E-state index in [1.165, 1.54) is 18.2 Å². The number of phenols is 1. The van der Waals surface area contributed by atoms with E-state index in [0.29, 0.717) is 5.56 Å². The molecule has 0 aliphatic heterocycles. The van der Waals surface area contributed by atoms with E-state index in [2.05, 4.69) is 5.32 Å². The van der Waals surface area contributed by atoms with E-state index in [1.54, 1.807) is 24.3 Å². The first-order valence-electron chi connectivity index (χ1n) is 7.53. The molecule has 1 amide bonds. The number of carbonyl (C=O) groups excluding carboxylic acids is 1. The zero-order valence-corrected chi connectivity index (χ0v) is 13.9. The molecule has 0 atom stereocenters. The fourth-order valence-electron chi connectivity index (χ4n) is 2.36. The summed E-state index contributed by atoms with van der Waals surface area (Å²) >= 11 is 0. The average Bonchev–Trinajstić information content (AvgIpc) is 2.52. The summed E-state index contributed by atoms with van der Waals surface area (Å²) in [6.45, 7) is 6.17. The number of hydrogen-bond acceptors (Lipinski definition) is 4. The van der Waals surface area contributed by atoms with Crippen LogP contribution in [0, 0.1) is 10.1 Å². The molecule has 2 rings (SSSR count). The zero-order valence-electron chi connectivity index (χ0n) is 13.9. The molecule has 0 saturated carbocycles. The molecule has 2 aromatic rings. The van der Waals surface area contributed by atoms with Gasteiger partial charge in [0.15, 0.2) is 0 Å². The van der Waals surface area contributed by atoms with Crippen LogP contribution in [0.15, 0.2) is 42.5 Å². The van der Waals surface area contributed by atoms with Crippen LogP contribution in [0.3, 0.4) is 0 Å². The number of phenolic OH excluding ortho intramolecular Hbond substituents is 1. The molecule has 0 heterocycles. The number of nitro groups is 1. The molecule has 0 unspecified atom stereocenters. The van der Waals surface area contributed by atoms with Gasteiger partial charge in [0.1, 0.15) is 5.75 Å². The highest BCUT2D eigenvalue weighted by molar-refractivity contribution is 5.96. The van der Waals surface area contributed by atoms with Gasteiger partial charge in [0, 0.05) is 24.2 Å². The summed E-state index contributed by atoms with van der Waals surface area (Å²) in [6, 6.07) is 10.7. The standard InChI is InChI=1S/C18H20N2O4/c1-18(2,3)16-10-14(21)8-9-15(16)17(22)19-11-12-4-6-13(7-5-12)20(23)24/h4-10,21H,11H2,1-3H3,(H,19,22). The Morgan fingerprint density at radius 1 is 1.17 bits per heavy atom. The Morgan fingerprint density at radius 2 is 1.79 bits per heavy atom. The van der Waals surface area contributed by atoms with Crippen molar-refractivity contribution >= 4 is 11.6 Å². The Hall–Kier alpha value is -2.89. The fraction of sp³-hybridized carbons (Fsp3) is 0.278. The van der Waals surface area contributed by atoms with Gasteiger partial charge in [-0.15, -0.1) is 0 Å². The molecule has 6 heteroatoms. The third-order valence-electron chi connectivity index (χ3n) is 3.66. The van der Waals surface area contributed by atoms with Crippen molar-refractivity contribution in [1.82, 2.24) is 5.32 Å². The van der Waals surface area contributed by atoms with Crippen molar-refractivity contribution < 1.29 is 14.8 Å². The molecule has 0 saturated heterocycles. The molecule has 0 bridgehead atoms. The van der Waals surface area contributed by atoms with E-state index in [9.17, 15) is 20.0 Å². The molecule has 0 spiro atoms. The van der Waals surface area contributed by atoms with E-state index < -0.39 is 4.92 Å². The lowest BCUT2D eigenvalue weighted by Gasteiger charge is -2.22. The maximum atomic E-state index is 12.5. The highest BCUT2D eigenvalue weighted by atomic mass is 16.6. The Morgan fingerprint density at radius 3 is 2.33 bits per heavy atom. The summed E-state index contributed by atoms with van der Waals surface area (Å²) in [6.07, 6.45) is 0. The minimum Gasteiger partial charge on any atom is -0.508 e. The fourth-order valence-corrected chi connectivity index (χ4v) is 2.36. The minimum absolute atomic E-state index is 0.0126. The second-order valence-corrected chi connectivity index (χ2v) is 6.59. The molecule has 0 aliphatic carbocycles. The Bertz CT molecular complexity index is 762. The number of nitro benzene ring substituents is 1. The summed E-state index contributed by atoms with van der Waals surface area (Å²) in [5, 5.41) is 23.1. The van der Waals surface area contributed by atoms with Crippen LogP contribution < -0.4 is 5.32 Å². The van der Waals surface area contributed by atoms with Crippen LogP contribution in [0.5, 0.6) is 5.75 Å². The van der Waals surface area contributed by atoms with Gasteiger partial charge in [0.2, 0.25) is 0 Å². The molecule has 2 aromatic carbocycles. The van der Waals surface area contributed by atoms with E-state index >= 15 is 0 Å². The number of non-ortho nitro benzene ring substituents is 1. The Kier molecular flexibility index (Phi) is 4.87. The topological polar surface area (TPSA) is 92.5 Å². The van der Waals surface area contributed by atoms with Crippen molar-refractivity contribution in [3.8, 4) is 5.75 Å². The van der Waals surface area contributed by atoms with Crippen molar-refractivity contribution in [1.29, 1.82) is 0 Å². The quantitative estimate of drug-likeness (QED) is 0.663. The predicted molar refractivity (Wildman–Crippen MR) is 91.1 cm³/mol. The van der Waals surface area contributed by atoms with Gasteiger partial charge >= 0.3 is 0 Å². The van der Waals surface area contributed by atoms with Gasteiger partial charge in [-0.25, -0.2) is 0 Å². The van der Waals surface area contributed by atoms with Crippen molar-refractivity contribution in [2.75, 3.05) is 0 Å². The van der Waals surface area contributed by atoms with E-state index in [-0.39, 0.29) is 29.3 Å². The van der Waals surface area contributed by atoms with Gasteiger partial charge in [-0.3, -0.25) is 14.9 Å². The van der Waals surface area contributed by atoms with Crippen LogP contribution in [0.4, 0.5) is 5.69 Å². The van der Waals surface area contributed by atoms with Crippen molar-refractivity contribution in [3.05, 3.63) is 69.3 Å². The number of nitrogens with one attached hydrogen (secondary N) is 1. The van der Waals surface area contributed by atoms with Crippen LogP contribution in [0.25, 0.3) is 0 Å². The molecule has 0 aliphatic rings. The first-order valence-corrected chi connectivity index (χ1v) is 7.53. The first-order chi connectivity index (χ1) is 11.2. The van der Waals surface area contributed by atoms with Crippen LogP contribution in [0.2, 0.25) is 0 Å². The third-order valence-corrected chi connectivity index (χ3v) is 3.66. The number of aromatic hydroxyl groups is 1. The van der Waals surface area contributed by atoms with Gasteiger partial charge in [-0.2, -0.15) is 0 Å². The SMILES string of the molecule is CC(C)(C)c1cc(O)ccc1C(=O)NCc1ccc([N+](=O)[O-])cc1. The molecule has 24 heavy (non-hydrogen) atoms. The summed E-state index contributed by atoms with van der Waals surface area (Å²) in [4.78, 5) is 22.6. The number of hydrogen-bond donors (Lipinski definition) is 2. The summed E-state index contributed by atoms with van der Waals surface area (Å²) in [7, 11) is 0. The lowest BCUT2D eigenvalue weighted by Crippen LogP contribution is -2.26.